The van der Waals surface area contributed by atoms with Crippen LogP contribution in [0, 0.1) is 11.3 Å². The molecule has 1 aromatic carbocycles. The Bertz CT molecular complexity index is 747. The first kappa shape index (κ1) is 20.6. The molecule has 1 amide bonds. The van der Waals surface area contributed by atoms with E-state index in [1.165, 1.54) is 30.5 Å². The Morgan fingerprint density at radius 2 is 1.88 bits per heavy atom. The van der Waals surface area contributed by atoms with Crippen molar-refractivity contribution >= 4 is 21.6 Å². The number of amides is 1. The van der Waals surface area contributed by atoms with E-state index >= 15 is 0 Å². The lowest BCUT2D eigenvalue weighted by Crippen LogP contribution is -2.30. The zero-order chi connectivity index (χ0) is 18.9. The Kier molecular flexibility index (Phi) is 8.07. The number of anilines is 1. The van der Waals surface area contributed by atoms with Crippen LogP contribution in [0.1, 0.15) is 13.8 Å². The van der Waals surface area contributed by atoms with E-state index in [0.717, 1.165) is 19.6 Å². The molecule has 136 valence electrons. The molecule has 0 spiro atoms. The summed E-state index contributed by atoms with van der Waals surface area (Å²) in [5.74, 6) is -0.582. The average molecular weight is 365 g/mol. The van der Waals surface area contributed by atoms with Crippen molar-refractivity contribution in [1.82, 2.24) is 10.2 Å². The van der Waals surface area contributed by atoms with Crippen LogP contribution in [0.25, 0.3) is 0 Å². The van der Waals surface area contributed by atoms with E-state index in [0.29, 0.717) is 12.2 Å². The summed E-state index contributed by atoms with van der Waals surface area (Å²) >= 11 is 0. The fraction of sp³-hybridized carbons (Fsp3) is 0.375. The number of hydrogen-bond donors (Lipinski definition) is 3. The maximum absolute atomic E-state index is 12.1. The van der Waals surface area contributed by atoms with Gasteiger partial charge in [-0.2, -0.15) is 5.26 Å². The number of nitrogens with one attached hydrogen (secondary N) is 2. The van der Waals surface area contributed by atoms with Crippen molar-refractivity contribution in [3.8, 4) is 6.07 Å². The molecule has 0 saturated heterocycles. The van der Waals surface area contributed by atoms with Gasteiger partial charge in [-0.3, -0.25) is 4.79 Å². The molecule has 0 heterocycles. The van der Waals surface area contributed by atoms with E-state index in [1.54, 1.807) is 0 Å². The maximum Gasteiger partial charge on any atom is 0.267 e. The minimum atomic E-state index is -3.79. The van der Waals surface area contributed by atoms with Gasteiger partial charge >= 0.3 is 0 Å². The summed E-state index contributed by atoms with van der Waals surface area (Å²) in [6.45, 7) is 7.41. The molecular weight excluding hydrogens is 342 g/mol. The molecule has 0 unspecified atom stereocenters. The Balaban J connectivity index is 2.64. The van der Waals surface area contributed by atoms with Gasteiger partial charge < -0.3 is 15.5 Å². The summed E-state index contributed by atoms with van der Waals surface area (Å²) < 4.78 is 22.4. The fourth-order valence-corrected chi connectivity index (χ4v) is 2.53. The molecule has 8 nitrogen and oxygen atoms in total. The highest BCUT2D eigenvalue weighted by Gasteiger charge is 2.11. The minimum Gasteiger partial charge on any atom is -0.388 e. The number of nitriles is 1. The molecule has 0 aliphatic rings. The van der Waals surface area contributed by atoms with E-state index in [2.05, 4.69) is 29.4 Å². The number of nitrogens with zero attached hydrogens (tertiary/aromatic N) is 2. The molecule has 1 aromatic rings. The number of carbonyl (C=O) groups is 1. The molecule has 0 aliphatic heterocycles. The van der Waals surface area contributed by atoms with E-state index in [4.69, 9.17) is 10.4 Å². The Hall–Kier alpha value is -2.41. The van der Waals surface area contributed by atoms with Gasteiger partial charge in [0.15, 0.2) is 0 Å². The second kappa shape index (κ2) is 9.78. The Morgan fingerprint density at radius 1 is 1.28 bits per heavy atom. The van der Waals surface area contributed by atoms with Crippen LogP contribution in [0.3, 0.4) is 0 Å². The topological polar surface area (TPSA) is 128 Å². The number of likely N-dealkylation sites (N-methyl/N-ethyl adjacent to an activating group) is 1. The normalized spacial score (nSPS) is 11.9. The lowest BCUT2D eigenvalue weighted by molar-refractivity contribution is -0.112. The second-order valence-electron chi connectivity index (χ2n) is 5.17. The van der Waals surface area contributed by atoms with Crippen molar-refractivity contribution in [3.63, 3.8) is 0 Å². The SMILES string of the molecule is CCN(CC)CCN/C=C(/C#N)C(=O)Nc1ccc(S(N)(=O)=O)cc1. The monoisotopic (exact) mass is 365 g/mol. The molecule has 4 N–H and O–H groups in total. The zero-order valence-corrected chi connectivity index (χ0v) is 15.1. The van der Waals surface area contributed by atoms with Crippen LogP contribution >= 0.6 is 0 Å². The summed E-state index contributed by atoms with van der Waals surface area (Å²) in [6.07, 6.45) is 1.37. The van der Waals surface area contributed by atoms with Gasteiger partial charge in [0.05, 0.1) is 4.90 Å². The standard InChI is InChI=1S/C16H23N5O3S/c1-3-21(4-2)10-9-19-12-13(11-17)16(22)20-14-5-7-15(8-6-14)25(18,23)24/h5-8,12,19H,3-4,9-10H2,1-2H3,(H,20,22)(H2,18,23,24)/b13-12-. The summed E-state index contributed by atoms with van der Waals surface area (Å²) in [6, 6.07) is 7.20. The van der Waals surface area contributed by atoms with Crippen LogP contribution in [0.15, 0.2) is 40.9 Å². The smallest absolute Gasteiger partial charge is 0.267 e. The molecule has 0 aromatic heterocycles. The summed E-state index contributed by atoms with van der Waals surface area (Å²) in [4.78, 5) is 14.2. The molecular formula is C16H23N5O3S. The quantitative estimate of drug-likeness (QED) is 0.334. The Morgan fingerprint density at radius 3 is 2.36 bits per heavy atom. The van der Waals surface area contributed by atoms with Gasteiger partial charge in [0.1, 0.15) is 11.6 Å². The van der Waals surface area contributed by atoms with Crippen molar-refractivity contribution in [2.45, 2.75) is 18.7 Å². The van der Waals surface area contributed by atoms with Gasteiger partial charge in [0.2, 0.25) is 10.0 Å². The van der Waals surface area contributed by atoms with E-state index < -0.39 is 15.9 Å². The molecule has 0 bridgehead atoms. The molecule has 1 rings (SSSR count). The molecule has 9 heteroatoms. The molecule has 0 atom stereocenters. The second-order valence-corrected chi connectivity index (χ2v) is 6.74. The summed E-state index contributed by atoms with van der Waals surface area (Å²) in [5.41, 5.74) is 0.289. The highest BCUT2D eigenvalue weighted by molar-refractivity contribution is 7.89. The fourth-order valence-electron chi connectivity index (χ4n) is 2.01. The first-order valence-electron chi connectivity index (χ1n) is 7.82. The largest absolute Gasteiger partial charge is 0.388 e. The molecule has 0 fully saturated rings. The molecule has 0 radical (unpaired) electrons. The summed E-state index contributed by atoms with van der Waals surface area (Å²) in [7, 11) is -3.79. The first-order valence-corrected chi connectivity index (χ1v) is 9.36. The lowest BCUT2D eigenvalue weighted by Gasteiger charge is -2.17. The van der Waals surface area contributed by atoms with Crippen LogP contribution in [-0.4, -0.2) is 45.4 Å². The van der Waals surface area contributed by atoms with Crippen LogP contribution in [0.5, 0.6) is 0 Å². The number of benzene rings is 1. The van der Waals surface area contributed by atoms with Crippen LogP contribution in [0.2, 0.25) is 0 Å². The van der Waals surface area contributed by atoms with E-state index in [-0.39, 0.29) is 10.5 Å². The van der Waals surface area contributed by atoms with Gasteiger partial charge in [-0.1, -0.05) is 13.8 Å². The third-order valence-corrected chi connectivity index (χ3v) is 4.45. The molecule has 0 aliphatic carbocycles. The number of primary sulfonamides is 1. The third-order valence-electron chi connectivity index (χ3n) is 3.52. The number of nitrogens with two attached hydrogens (primary N) is 1. The number of carbonyl (C=O) groups excluding carboxylic acids is 1. The lowest BCUT2D eigenvalue weighted by atomic mass is 10.2. The van der Waals surface area contributed by atoms with E-state index in [1.807, 2.05) is 6.07 Å². The molecule has 25 heavy (non-hydrogen) atoms. The van der Waals surface area contributed by atoms with Crippen LogP contribution in [-0.2, 0) is 14.8 Å². The zero-order valence-electron chi connectivity index (χ0n) is 14.3. The number of sulfonamides is 1. The van der Waals surface area contributed by atoms with Crippen molar-refractivity contribution in [1.29, 1.82) is 5.26 Å². The van der Waals surface area contributed by atoms with Crippen molar-refractivity contribution in [2.24, 2.45) is 5.14 Å². The Labute approximate surface area is 148 Å². The minimum absolute atomic E-state index is 0.0559. The van der Waals surface area contributed by atoms with Crippen molar-refractivity contribution in [3.05, 3.63) is 36.0 Å². The molecule has 0 saturated carbocycles. The maximum atomic E-state index is 12.1. The van der Waals surface area contributed by atoms with Crippen molar-refractivity contribution in [2.75, 3.05) is 31.5 Å². The highest BCUT2D eigenvalue weighted by atomic mass is 32.2. The van der Waals surface area contributed by atoms with Gasteiger partial charge in [0, 0.05) is 25.0 Å². The predicted molar refractivity (Wildman–Crippen MR) is 95.9 cm³/mol. The van der Waals surface area contributed by atoms with Gasteiger partial charge in [-0.15, -0.1) is 0 Å². The van der Waals surface area contributed by atoms with Gasteiger partial charge in [-0.25, -0.2) is 13.6 Å². The van der Waals surface area contributed by atoms with Crippen LogP contribution < -0.4 is 15.8 Å². The highest BCUT2D eigenvalue weighted by Crippen LogP contribution is 2.13. The average Bonchev–Trinajstić information content (AvgIpc) is 2.58. The predicted octanol–water partition coefficient (Wildman–Crippen LogP) is 0.611. The van der Waals surface area contributed by atoms with Gasteiger partial charge in [-0.05, 0) is 37.4 Å². The number of hydrogen-bond acceptors (Lipinski definition) is 6. The summed E-state index contributed by atoms with van der Waals surface area (Å²) in [5, 5.41) is 19.6. The third kappa shape index (κ3) is 6.93. The first-order chi connectivity index (χ1) is 11.8. The number of rotatable bonds is 9. The van der Waals surface area contributed by atoms with Crippen molar-refractivity contribution < 1.29 is 13.2 Å². The van der Waals surface area contributed by atoms with E-state index in [9.17, 15) is 13.2 Å². The van der Waals surface area contributed by atoms with Crippen LogP contribution in [0.4, 0.5) is 5.69 Å². The van der Waals surface area contributed by atoms with Gasteiger partial charge in [0.25, 0.3) is 5.91 Å².